The van der Waals surface area contributed by atoms with Crippen molar-refractivity contribution in [2.45, 2.75) is 30.8 Å². The van der Waals surface area contributed by atoms with Gasteiger partial charge in [-0.3, -0.25) is 9.52 Å². The maximum atomic E-state index is 12.7. The fourth-order valence-corrected chi connectivity index (χ4v) is 5.92. The molecule has 0 saturated carbocycles. The second-order valence-electron chi connectivity index (χ2n) is 7.39. The van der Waals surface area contributed by atoms with Gasteiger partial charge in [0.25, 0.3) is 10.0 Å². The number of rotatable bonds is 7. The number of benzene rings is 2. The first-order valence-electron chi connectivity index (χ1n) is 9.92. The molecule has 2 heterocycles. The Morgan fingerprint density at radius 2 is 1.82 bits per heavy atom. The van der Waals surface area contributed by atoms with E-state index >= 15 is 0 Å². The molecule has 0 fully saturated rings. The monoisotopic (exact) mass is 499 g/mol. The van der Waals surface area contributed by atoms with Gasteiger partial charge in [-0.05, 0) is 56.7 Å². The van der Waals surface area contributed by atoms with E-state index in [2.05, 4.69) is 25.0 Å². The summed E-state index contributed by atoms with van der Waals surface area (Å²) < 4.78 is 28.7. The van der Waals surface area contributed by atoms with Crippen molar-refractivity contribution in [3.63, 3.8) is 0 Å². The average Bonchev–Trinajstić information content (AvgIpc) is 3.15. The van der Waals surface area contributed by atoms with Gasteiger partial charge < -0.3 is 5.32 Å². The van der Waals surface area contributed by atoms with Crippen LogP contribution in [0.2, 0.25) is 0 Å². The molecule has 33 heavy (non-hydrogen) atoms. The van der Waals surface area contributed by atoms with E-state index in [0.717, 1.165) is 21.5 Å². The third-order valence-electron chi connectivity index (χ3n) is 4.63. The van der Waals surface area contributed by atoms with E-state index < -0.39 is 10.0 Å². The molecule has 4 aromatic rings. The van der Waals surface area contributed by atoms with Crippen molar-refractivity contribution in [1.82, 2.24) is 15.0 Å². The Balaban J connectivity index is 1.48. The number of amides is 1. The highest BCUT2D eigenvalue weighted by Gasteiger charge is 2.17. The first-order valence-corrected chi connectivity index (χ1v) is 13.2. The summed E-state index contributed by atoms with van der Waals surface area (Å²) in [5, 5.41) is 3.69. The van der Waals surface area contributed by atoms with Crippen LogP contribution in [0.5, 0.6) is 0 Å². The second kappa shape index (κ2) is 9.46. The lowest BCUT2D eigenvalue weighted by atomic mass is 10.2. The molecule has 0 unspecified atom stereocenters. The first-order chi connectivity index (χ1) is 15.7. The molecule has 1 amide bonds. The van der Waals surface area contributed by atoms with Crippen LogP contribution >= 0.6 is 23.1 Å². The molecule has 2 aromatic heterocycles. The number of hydrogen-bond donors (Lipinski definition) is 2. The Morgan fingerprint density at radius 1 is 1.06 bits per heavy atom. The molecule has 0 aliphatic heterocycles. The lowest BCUT2D eigenvalue weighted by molar-refractivity contribution is -0.113. The Hall–Kier alpha value is -3.02. The molecular weight excluding hydrogens is 478 g/mol. The molecule has 0 aliphatic rings. The maximum Gasteiger partial charge on any atom is 0.263 e. The maximum absolute atomic E-state index is 12.7. The summed E-state index contributed by atoms with van der Waals surface area (Å²) in [4.78, 5) is 25.4. The first kappa shape index (κ1) is 23.1. The third kappa shape index (κ3) is 5.67. The number of carbonyl (C=O) groups excluding carboxylic acids is 1. The minimum absolute atomic E-state index is 0.171. The predicted molar refractivity (Wildman–Crippen MR) is 132 cm³/mol. The van der Waals surface area contributed by atoms with Crippen molar-refractivity contribution in [3.05, 3.63) is 65.5 Å². The number of sulfonamides is 1. The molecular formula is C22H21N5O3S3. The van der Waals surface area contributed by atoms with Crippen LogP contribution in [-0.2, 0) is 14.8 Å². The van der Waals surface area contributed by atoms with E-state index in [9.17, 15) is 13.2 Å². The van der Waals surface area contributed by atoms with Gasteiger partial charge in [0.15, 0.2) is 10.3 Å². The molecule has 0 atom stereocenters. The summed E-state index contributed by atoms with van der Waals surface area (Å²) in [6.07, 6.45) is 1.66. The SMILES string of the molecule is Cc1ccc(S(=O)(=O)Nc2nc3c(C)cc(NC(=O)CSc4nccc(C)n4)cc3s2)cc1. The second-order valence-corrected chi connectivity index (χ2v) is 11.1. The number of aryl methyl sites for hydroxylation is 3. The highest BCUT2D eigenvalue weighted by Crippen LogP contribution is 2.32. The summed E-state index contributed by atoms with van der Waals surface area (Å²) in [6, 6.07) is 12.0. The molecule has 0 radical (unpaired) electrons. The van der Waals surface area contributed by atoms with Crippen LogP contribution in [0.25, 0.3) is 10.2 Å². The standard InChI is InChI=1S/C22H21N5O3S3/c1-13-4-6-17(7-5-13)33(29,30)27-22-26-20-14(2)10-16(11-18(20)32-22)25-19(28)12-31-21-23-9-8-15(3)24-21/h4-11H,12H2,1-3H3,(H,25,28)(H,26,27). The van der Waals surface area contributed by atoms with Gasteiger partial charge >= 0.3 is 0 Å². The Kier molecular flexibility index (Phi) is 6.63. The van der Waals surface area contributed by atoms with Gasteiger partial charge in [-0.2, -0.15) is 0 Å². The minimum atomic E-state index is -3.74. The number of anilines is 2. The molecule has 170 valence electrons. The molecule has 11 heteroatoms. The number of nitrogens with zero attached hydrogens (tertiary/aromatic N) is 3. The van der Waals surface area contributed by atoms with Gasteiger partial charge in [0.1, 0.15) is 0 Å². The Morgan fingerprint density at radius 3 is 2.55 bits per heavy atom. The van der Waals surface area contributed by atoms with Gasteiger partial charge in [-0.1, -0.05) is 40.8 Å². The van der Waals surface area contributed by atoms with Gasteiger partial charge in [0, 0.05) is 17.6 Å². The van der Waals surface area contributed by atoms with Gasteiger partial charge in [0.05, 0.1) is 20.9 Å². The summed E-state index contributed by atoms with van der Waals surface area (Å²) in [6.45, 7) is 5.63. The van der Waals surface area contributed by atoms with Gasteiger partial charge in [-0.25, -0.2) is 23.4 Å². The van der Waals surface area contributed by atoms with E-state index in [0.29, 0.717) is 16.4 Å². The molecule has 0 spiro atoms. The third-order valence-corrected chi connectivity index (χ3v) is 7.89. The summed E-state index contributed by atoms with van der Waals surface area (Å²) in [5.41, 5.74) is 3.95. The number of carbonyl (C=O) groups is 1. The van der Waals surface area contributed by atoms with E-state index in [1.807, 2.05) is 26.8 Å². The normalized spacial score (nSPS) is 11.5. The van der Waals surface area contributed by atoms with Crippen LogP contribution in [-0.4, -0.2) is 35.0 Å². The predicted octanol–water partition coefficient (Wildman–Crippen LogP) is 4.54. The fourth-order valence-electron chi connectivity index (χ4n) is 3.03. The number of fused-ring (bicyclic) bond motifs is 1. The molecule has 2 aromatic carbocycles. The van der Waals surface area contributed by atoms with Crippen molar-refractivity contribution < 1.29 is 13.2 Å². The average molecular weight is 500 g/mol. The van der Waals surface area contributed by atoms with Crippen molar-refractivity contribution in [3.8, 4) is 0 Å². The zero-order chi connectivity index (χ0) is 23.6. The topological polar surface area (TPSA) is 114 Å². The lowest BCUT2D eigenvalue weighted by Crippen LogP contribution is -2.14. The number of thioether (sulfide) groups is 1. The Labute approximate surface area is 199 Å². The number of nitrogens with one attached hydrogen (secondary N) is 2. The van der Waals surface area contributed by atoms with E-state index in [4.69, 9.17) is 0 Å². The summed E-state index contributed by atoms with van der Waals surface area (Å²) >= 11 is 2.47. The largest absolute Gasteiger partial charge is 0.325 e. The van der Waals surface area contributed by atoms with E-state index in [1.54, 1.807) is 42.6 Å². The molecule has 0 aliphatic carbocycles. The van der Waals surface area contributed by atoms with E-state index in [-0.39, 0.29) is 21.7 Å². The van der Waals surface area contributed by atoms with Gasteiger partial charge in [-0.15, -0.1) is 0 Å². The van der Waals surface area contributed by atoms with Crippen molar-refractivity contribution in [1.29, 1.82) is 0 Å². The van der Waals surface area contributed by atoms with Crippen molar-refractivity contribution >= 4 is 60.1 Å². The van der Waals surface area contributed by atoms with Crippen LogP contribution in [0.3, 0.4) is 0 Å². The molecule has 2 N–H and O–H groups in total. The lowest BCUT2D eigenvalue weighted by Gasteiger charge is -2.06. The van der Waals surface area contributed by atoms with Crippen LogP contribution in [0.1, 0.15) is 16.8 Å². The highest BCUT2D eigenvalue weighted by molar-refractivity contribution is 7.99. The Bertz CT molecular complexity index is 1430. The summed E-state index contributed by atoms with van der Waals surface area (Å²) in [7, 11) is -3.74. The van der Waals surface area contributed by atoms with Gasteiger partial charge in [0.2, 0.25) is 5.91 Å². The van der Waals surface area contributed by atoms with Crippen LogP contribution in [0, 0.1) is 20.8 Å². The van der Waals surface area contributed by atoms with Crippen molar-refractivity contribution in [2.24, 2.45) is 0 Å². The smallest absolute Gasteiger partial charge is 0.263 e. The van der Waals surface area contributed by atoms with Crippen LogP contribution in [0.4, 0.5) is 10.8 Å². The molecule has 8 nitrogen and oxygen atoms in total. The fraction of sp³-hybridized carbons (Fsp3) is 0.182. The zero-order valence-electron chi connectivity index (χ0n) is 18.1. The van der Waals surface area contributed by atoms with Crippen molar-refractivity contribution in [2.75, 3.05) is 15.8 Å². The van der Waals surface area contributed by atoms with Crippen LogP contribution < -0.4 is 10.0 Å². The molecule has 0 saturated heterocycles. The van der Waals surface area contributed by atoms with Crippen LogP contribution in [0.15, 0.2) is 58.7 Å². The summed E-state index contributed by atoms with van der Waals surface area (Å²) in [5.74, 6) is -0.0150. The molecule has 4 rings (SSSR count). The number of thiazole rings is 1. The van der Waals surface area contributed by atoms with E-state index in [1.165, 1.54) is 23.1 Å². The number of aromatic nitrogens is 3. The quantitative estimate of drug-likeness (QED) is 0.283. The highest BCUT2D eigenvalue weighted by atomic mass is 32.2. The zero-order valence-corrected chi connectivity index (χ0v) is 20.6. The minimum Gasteiger partial charge on any atom is -0.325 e. The molecule has 0 bridgehead atoms. The number of hydrogen-bond acceptors (Lipinski definition) is 8.